The lowest BCUT2D eigenvalue weighted by molar-refractivity contribution is -0.888. The number of rotatable bonds is 4. The van der Waals surface area contributed by atoms with Crippen LogP contribution in [0.15, 0.2) is 44.9 Å². The summed E-state index contributed by atoms with van der Waals surface area (Å²) >= 11 is 0. The SMILES string of the molecule is Cc1noc(N2CC3(CC(=O)C3)C2)n1.Cc1noc(N2CC3(CC(N4CC[N+]5(C=CC=N5)CC4)C3)C2)n1.c1cnn(C2CCNCC2)c1. The third-order valence-electron chi connectivity index (χ3n) is 11.2. The molecule has 0 bridgehead atoms. The van der Waals surface area contributed by atoms with Gasteiger partial charge in [0, 0.05) is 74.4 Å². The number of nitrogens with one attached hydrogen (secondary N) is 1. The van der Waals surface area contributed by atoms with Crippen LogP contribution in [-0.2, 0) is 4.79 Å². The van der Waals surface area contributed by atoms with Crippen molar-refractivity contribution in [2.75, 3.05) is 75.2 Å². The summed E-state index contributed by atoms with van der Waals surface area (Å²) in [7, 11) is 0. The van der Waals surface area contributed by atoms with Gasteiger partial charge in [0.25, 0.3) is 0 Å². The summed E-state index contributed by atoms with van der Waals surface area (Å²) in [5.74, 6) is 1.76. The second kappa shape index (κ2) is 12.5. The highest BCUT2D eigenvalue weighted by Crippen LogP contribution is 2.51. The van der Waals surface area contributed by atoms with E-state index in [0.29, 0.717) is 35.1 Å². The number of carbonyl (C=O) groups excluding carboxylic acids is 1. The summed E-state index contributed by atoms with van der Waals surface area (Å²) < 4.78 is 13.2. The van der Waals surface area contributed by atoms with Gasteiger partial charge in [-0.3, -0.25) is 14.4 Å². The molecule has 10 rings (SSSR count). The van der Waals surface area contributed by atoms with Gasteiger partial charge in [0.15, 0.2) is 11.6 Å². The monoisotopic (exact) mass is 659 g/mol. The highest BCUT2D eigenvalue weighted by atomic mass is 16.5. The maximum atomic E-state index is 10.9. The first-order valence-electron chi connectivity index (χ1n) is 17.5. The third-order valence-corrected chi connectivity index (χ3v) is 11.2. The largest absolute Gasteiger partial charge is 0.324 e. The molecule has 2 saturated carbocycles. The van der Waals surface area contributed by atoms with Crippen LogP contribution >= 0.6 is 0 Å². The molecular weight excluding hydrogens is 612 g/mol. The van der Waals surface area contributed by atoms with Crippen LogP contribution in [0.5, 0.6) is 0 Å². The Morgan fingerprint density at radius 1 is 0.875 bits per heavy atom. The van der Waals surface area contributed by atoms with Crippen LogP contribution in [0.1, 0.15) is 56.2 Å². The highest BCUT2D eigenvalue weighted by Gasteiger charge is 2.56. The smallest absolute Gasteiger partial charge is 0.323 e. The molecule has 15 heteroatoms. The van der Waals surface area contributed by atoms with Crippen molar-refractivity contribution in [1.82, 2.24) is 40.3 Å². The summed E-state index contributed by atoms with van der Waals surface area (Å²) in [5.41, 5.74) is 0.752. The lowest BCUT2D eigenvalue weighted by atomic mass is 9.60. The minimum Gasteiger partial charge on any atom is -0.323 e. The Hall–Kier alpha value is -3.95. The molecule has 4 saturated heterocycles. The average Bonchev–Trinajstić information content (AvgIpc) is 3.85. The molecule has 0 radical (unpaired) electrons. The molecule has 15 nitrogen and oxygen atoms in total. The van der Waals surface area contributed by atoms with Crippen molar-refractivity contribution in [3.63, 3.8) is 0 Å². The van der Waals surface area contributed by atoms with Crippen molar-refractivity contribution in [3.05, 3.63) is 42.4 Å². The Bertz CT molecular complexity index is 1590. The van der Waals surface area contributed by atoms with E-state index in [1.807, 2.05) is 30.3 Å². The number of quaternary nitrogens is 1. The minimum atomic E-state index is 0.249. The number of aromatic nitrogens is 6. The molecule has 0 unspecified atom stereocenters. The van der Waals surface area contributed by atoms with Gasteiger partial charge in [0.05, 0.1) is 25.3 Å². The fourth-order valence-electron chi connectivity index (χ4n) is 8.52. The van der Waals surface area contributed by atoms with Crippen molar-refractivity contribution in [1.29, 1.82) is 0 Å². The predicted octanol–water partition coefficient (Wildman–Crippen LogP) is 2.35. The summed E-state index contributed by atoms with van der Waals surface area (Å²) in [5, 5.41) is 19.8. The molecule has 256 valence electrons. The number of aryl methyl sites for hydroxylation is 2. The van der Waals surface area contributed by atoms with E-state index in [1.54, 1.807) is 6.92 Å². The molecule has 3 aromatic heterocycles. The van der Waals surface area contributed by atoms with E-state index in [9.17, 15) is 4.79 Å². The number of piperidine rings is 1. The van der Waals surface area contributed by atoms with Gasteiger partial charge < -0.3 is 24.2 Å². The molecule has 48 heavy (non-hydrogen) atoms. The molecular formula is C33H47N12O3+. The van der Waals surface area contributed by atoms with E-state index in [1.165, 1.54) is 25.7 Å². The number of Topliss-reactive ketones (excluding diaryl/α,β-unsaturated/α-hetero) is 1. The molecule has 3 spiro atoms. The van der Waals surface area contributed by atoms with Crippen LogP contribution in [0, 0.1) is 24.7 Å². The lowest BCUT2D eigenvalue weighted by Crippen LogP contribution is -2.68. The molecule has 7 aliphatic rings. The van der Waals surface area contributed by atoms with E-state index < -0.39 is 0 Å². The van der Waals surface area contributed by atoms with Crippen LogP contribution in [0.2, 0.25) is 0 Å². The van der Waals surface area contributed by atoms with Crippen molar-refractivity contribution < 1.29 is 18.4 Å². The van der Waals surface area contributed by atoms with E-state index in [-0.39, 0.29) is 5.41 Å². The van der Waals surface area contributed by atoms with Crippen molar-refractivity contribution in [3.8, 4) is 0 Å². The first kappa shape index (κ1) is 31.3. The lowest BCUT2D eigenvalue weighted by Gasteiger charge is -2.61. The van der Waals surface area contributed by atoms with Gasteiger partial charge in [-0.1, -0.05) is 15.4 Å². The number of hydrogen-bond donors (Lipinski definition) is 1. The summed E-state index contributed by atoms with van der Waals surface area (Å²) in [6.07, 6.45) is 16.7. The molecule has 6 fully saturated rings. The topological polar surface area (TPSA) is 147 Å². The zero-order valence-electron chi connectivity index (χ0n) is 28.1. The third kappa shape index (κ3) is 6.30. The molecule has 5 aliphatic heterocycles. The summed E-state index contributed by atoms with van der Waals surface area (Å²) in [4.78, 5) is 26.3. The fourth-order valence-corrected chi connectivity index (χ4v) is 8.52. The van der Waals surface area contributed by atoms with Gasteiger partial charge >= 0.3 is 12.0 Å². The van der Waals surface area contributed by atoms with Gasteiger partial charge in [-0.05, 0) is 58.7 Å². The number of carbonyl (C=O) groups is 1. The molecule has 8 heterocycles. The highest BCUT2D eigenvalue weighted by molar-refractivity contribution is 5.87. The Morgan fingerprint density at radius 2 is 1.50 bits per heavy atom. The quantitative estimate of drug-likeness (QED) is 0.410. The summed E-state index contributed by atoms with van der Waals surface area (Å²) in [6, 6.07) is 4.66. The van der Waals surface area contributed by atoms with Crippen LogP contribution in [0.4, 0.5) is 12.0 Å². The van der Waals surface area contributed by atoms with Gasteiger partial charge in [-0.25, -0.2) is 0 Å². The maximum absolute atomic E-state index is 10.9. The Labute approximate surface area is 280 Å². The Balaban J connectivity index is 0.000000115. The maximum Gasteiger partial charge on any atom is 0.324 e. The fraction of sp³-hybridized carbons (Fsp3) is 0.667. The van der Waals surface area contributed by atoms with Gasteiger partial charge in [-0.15, -0.1) is 0 Å². The van der Waals surface area contributed by atoms with Crippen molar-refractivity contribution in [2.45, 2.75) is 64.5 Å². The van der Waals surface area contributed by atoms with E-state index in [2.05, 4.69) is 68.8 Å². The predicted molar refractivity (Wildman–Crippen MR) is 177 cm³/mol. The minimum absolute atomic E-state index is 0.249. The molecule has 3 aromatic rings. The average molecular weight is 660 g/mol. The van der Waals surface area contributed by atoms with E-state index in [4.69, 9.17) is 9.05 Å². The van der Waals surface area contributed by atoms with Gasteiger partial charge in [0.2, 0.25) is 0 Å². The number of anilines is 2. The van der Waals surface area contributed by atoms with Crippen molar-refractivity contribution >= 4 is 24.0 Å². The molecule has 2 aliphatic carbocycles. The van der Waals surface area contributed by atoms with Crippen molar-refractivity contribution in [2.24, 2.45) is 15.9 Å². The van der Waals surface area contributed by atoms with Crippen LogP contribution in [0.3, 0.4) is 0 Å². The van der Waals surface area contributed by atoms with Crippen LogP contribution in [-0.4, -0.2) is 123 Å². The second-order valence-corrected chi connectivity index (χ2v) is 15.0. The first-order chi connectivity index (χ1) is 23.3. The second-order valence-electron chi connectivity index (χ2n) is 15.0. The first-order valence-corrected chi connectivity index (χ1v) is 17.5. The molecule has 0 amide bonds. The van der Waals surface area contributed by atoms with Gasteiger partial charge in [-0.2, -0.15) is 19.7 Å². The molecule has 0 aromatic carbocycles. The van der Waals surface area contributed by atoms with Crippen LogP contribution < -0.4 is 15.1 Å². The summed E-state index contributed by atoms with van der Waals surface area (Å²) in [6.45, 7) is 14.4. The number of hydrogen-bond acceptors (Lipinski definition) is 13. The number of ketones is 1. The zero-order valence-corrected chi connectivity index (χ0v) is 28.1. The standard InChI is InChI=1S/C16H23N6O.C9H11N3O2.C8H13N3/c1-13-18-15(23-19-13)21-11-16(12-21)9-14(10-16)20-4-7-22(8-5-20)6-2-3-17-22;1-6-10-8(14-11-6)12-4-9(5-12)2-7(13)3-9;1-4-10-11(7-1)8-2-5-9-6-3-8/h2-3,6,14H,4-5,7-12H2,1H3;2-5H2,1H3;1,4,7-9H,2-3,5-6H2/q+1;;. The Morgan fingerprint density at radius 3 is 2.00 bits per heavy atom. The van der Waals surface area contributed by atoms with Gasteiger partial charge in [0.1, 0.15) is 25.1 Å². The number of allylic oxidation sites excluding steroid dienone is 1. The van der Waals surface area contributed by atoms with E-state index >= 15 is 0 Å². The van der Waals surface area contributed by atoms with E-state index in [0.717, 1.165) is 94.7 Å². The normalized spacial score (nSPS) is 25.2. The zero-order chi connectivity index (χ0) is 32.8. The van der Waals surface area contributed by atoms with Crippen LogP contribution in [0.25, 0.3) is 0 Å². The molecule has 1 N–H and O–H groups in total. The number of piperazine rings is 1. The number of nitrogens with zero attached hydrogens (tertiary/aromatic N) is 11. The molecule has 0 atom stereocenters. The Kier molecular flexibility index (Phi) is 8.15.